The summed E-state index contributed by atoms with van der Waals surface area (Å²) in [6, 6.07) is 0. The molecule has 3 nitrogen and oxygen atoms in total. The van der Waals surface area contributed by atoms with E-state index in [0.717, 1.165) is 5.92 Å². The molecule has 2 saturated heterocycles. The molecular formula is C24H44N2O. The number of hydrogen-bond donors (Lipinski definition) is 0. The van der Waals surface area contributed by atoms with E-state index in [1.54, 1.807) is 0 Å². The first-order valence-electron chi connectivity index (χ1n) is 12.0. The van der Waals surface area contributed by atoms with E-state index in [9.17, 15) is 0 Å². The number of piperidine rings is 2. The van der Waals surface area contributed by atoms with Gasteiger partial charge in [-0.05, 0) is 108 Å². The van der Waals surface area contributed by atoms with E-state index in [4.69, 9.17) is 4.74 Å². The van der Waals surface area contributed by atoms with Crippen LogP contribution in [-0.4, -0.2) is 61.8 Å². The first-order valence-corrected chi connectivity index (χ1v) is 12.0. The van der Waals surface area contributed by atoms with Crippen molar-refractivity contribution in [2.75, 3.05) is 39.8 Å². The van der Waals surface area contributed by atoms with Gasteiger partial charge in [-0.15, -0.1) is 0 Å². The van der Waals surface area contributed by atoms with Gasteiger partial charge in [0.1, 0.15) is 0 Å². The van der Waals surface area contributed by atoms with Crippen molar-refractivity contribution >= 4 is 0 Å². The van der Waals surface area contributed by atoms with Crippen molar-refractivity contribution in [2.24, 2.45) is 16.7 Å². The highest BCUT2D eigenvalue weighted by Crippen LogP contribution is 2.52. The second-order valence-electron chi connectivity index (χ2n) is 11.2. The van der Waals surface area contributed by atoms with E-state index in [1.807, 2.05) is 0 Å². The largest absolute Gasteiger partial charge is 0.375 e. The van der Waals surface area contributed by atoms with Crippen molar-refractivity contribution in [1.29, 1.82) is 0 Å². The van der Waals surface area contributed by atoms with Crippen LogP contribution in [0.1, 0.15) is 84.5 Å². The fourth-order valence-electron chi connectivity index (χ4n) is 6.36. The summed E-state index contributed by atoms with van der Waals surface area (Å²) >= 11 is 0. The molecule has 27 heavy (non-hydrogen) atoms. The summed E-state index contributed by atoms with van der Waals surface area (Å²) in [4.78, 5) is 5.26. The van der Waals surface area contributed by atoms with Gasteiger partial charge < -0.3 is 14.5 Å². The molecule has 0 atom stereocenters. The summed E-state index contributed by atoms with van der Waals surface area (Å²) < 4.78 is 6.51. The zero-order chi connectivity index (χ0) is 18.9. The molecule has 0 amide bonds. The monoisotopic (exact) mass is 376 g/mol. The molecule has 0 aromatic rings. The number of ether oxygens (including phenoxy) is 1. The molecule has 0 unspecified atom stereocenters. The van der Waals surface area contributed by atoms with Crippen molar-refractivity contribution < 1.29 is 4.74 Å². The third-order valence-corrected chi connectivity index (χ3v) is 8.32. The van der Waals surface area contributed by atoms with Crippen molar-refractivity contribution in [3.63, 3.8) is 0 Å². The lowest BCUT2D eigenvalue weighted by atomic mass is 9.67. The number of rotatable bonds is 6. The predicted molar refractivity (Wildman–Crippen MR) is 113 cm³/mol. The molecule has 0 aromatic carbocycles. The maximum absolute atomic E-state index is 6.51. The van der Waals surface area contributed by atoms with Crippen molar-refractivity contribution in [3.05, 3.63) is 0 Å². The second-order valence-corrected chi connectivity index (χ2v) is 11.2. The highest BCUT2D eigenvalue weighted by atomic mass is 16.5. The van der Waals surface area contributed by atoms with Gasteiger partial charge in [-0.2, -0.15) is 0 Å². The summed E-state index contributed by atoms with van der Waals surface area (Å²) in [7, 11) is 2.24. The van der Waals surface area contributed by atoms with Gasteiger partial charge in [0.25, 0.3) is 0 Å². The van der Waals surface area contributed by atoms with Crippen LogP contribution < -0.4 is 0 Å². The minimum Gasteiger partial charge on any atom is -0.375 e. The van der Waals surface area contributed by atoms with E-state index >= 15 is 0 Å². The molecule has 4 rings (SSSR count). The highest BCUT2D eigenvalue weighted by Gasteiger charge is 2.46. The van der Waals surface area contributed by atoms with Crippen LogP contribution in [0.25, 0.3) is 0 Å². The summed E-state index contributed by atoms with van der Waals surface area (Å²) in [5.41, 5.74) is 1.37. The van der Waals surface area contributed by atoms with Crippen molar-refractivity contribution in [3.8, 4) is 0 Å². The smallest absolute Gasteiger partial charge is 0.0603 e. The van der Waals surface area contributed by atoms with Gasteiger partial charge in [0.05, 0.1) is 12.2 Å². The molecule has 0 N–H and O–H groups in total. The first kappa shape index (κ1) is 20.2. The van der Waals surface area contributed by atoms with Crippen LogP contribution in [0.3, 0.4) is 0 Å². The third kappa shape index (κ3) is 5.28. The molecule has 4 fully saturated rings. The maximum Gasteiger partial charge on any atom is 0.0603 e. The summed E-state index contributed by atoms with van der Waals surface area (Å²) in [6.07, 6.45) is 16.4. The Morgan fingerprint density at radius 3 is 1.96 bits per heavy atom. The van der Waals surface area contributed by atoms with Gasteiger partial charge in [0, 0.05) is 19.6 Å². The molecule has 1 spiro atoms. The van der Waals surface area contributed by atoms with Gasteiger partial charge in [-0.1, -0.05) is 13.8 Å². The molecular weight excluding hydrogens is 332 g/mol. The molecule has 156 valence electrons. The van der Waals surface area contributed by atoms with Crippen molar-refractivity contribution in [1.82, 2.24) is 9.80 Å². The molecule has 0 bridgehead atoms. The molecule has 4 aliphatic rings. The van der Waals surface area contributed by atoms with Crippen LogP contribution in [0.2, 0.25) is 0 Å². The van der Waals surface area contributed by atoms with Crippen LogP contribution in [0, 0.1) is 16.7 Å². The highest BCUT2D eigenvalue weighted by molar-refractivity contribution is 4.98. The molecule has 0 radical (unpaired) electrons. The fraction of sp³-hybridized carbons (Fsp3) is 1.00. The van der Waals surface area contributed by atoms with E-state index in [0.29, 0.717) is 23.0 Å². The van der Waals surface area contributed by atoms with E-state index < -0.39 is 0 Å². The van der Waals surface area contributed by atoms with Gasteiger partial charge >= 0.3 is 0 Å². The van der Waals surface area contributed by atoms with Crippen LogP contribution in [0.4, 0.5) is 0 Å². The molecule has 0 aromatic heterocycles. The van der Waals surface area contributed by atoms with E-state index in [2.05, 4.69) is 30.7 Å². The Balaban J connectivity index is 1.18. The Labute approximate surface area is 168 Å². The lowest BCUT2D eigenvalue weighted by molar-refractivity contribution is -0.0767. The summed E-state index contributed by atoms with van der Waals surface area (Å²) in [6.45, 7) is 11.4. The number of hydrogen-bond acceptors (Lipinski definition) is 3. The van der Waals surface area contributed by atoms with Gasteiger partial charge in [-0.25, -0.2) is 0 Å². The molecule has 2 aliphatic carbocycles. The Morgan fingerprint density at radius 2 is 1.41 bits per heavy atom. The van der Waals surface area contributed by atoms with Crippen molar-refractivity contribution in [2.45, 2.75) is 96.7 Å². The quantitative estimate of drug-likeness (QED) is 0.652. The number of nitrogens with zero attached hydrogens (tertiary/aromatic N) is 2. The minimum atomic E-state index is 0.540. The Hall–Kier alpha value is -0.120. The van der Waals surface area contributed by atoms with E-state index in [-0.39, 0.29) is 0 Å². The van der Waals surface area contributed by atoms with Crippen LogP contribution >= 0.6 is 0 Å². The molecule has 3 heteroatoms. The second kappa shape index (κ2) is 8.32. The molecule has 2 heterocycles. The Morgan fingerprint density at radius 1 is 0.815 bits per heavy atom. The molecule has 2 aliphatic heterocycles. The zero-order valence-corrected chi connectivity index (χ0v) is 18.3. The minimum absolute atomic E-state index is 0.540. The van der Waals surface area contributed by atoms with Crippen LogP contribution in [0.5, 0.6) is 0 Å². The summed E-state index contributed by atoms with van der Waals surface area (Å²) in [5, 5.41) is 0. The maximum atomic E-state index is 6.51. The zero-order valence-electron chi connectivity index (χ0n) is 18.3. The lowest BCUT2D eigenvalue weighted by Gasteiger charge is -2.47. The normalized spacial score (nSPS) is 30.2. The first-order chi connectivity index (χ1) is 13.0. The van der Waals surface area contributed by atoms with E-state index in [1.165, 1.54) is 103 Å². The summed E-state index contributed by atoms with van der Waals surface area (Å²) in [5.74, 6) is 0.864. The Bertz CT molecular complexity index is 461. The average molecular weight is 377 g/mol. The topological polar surface area (TPSA) is 15.7 Å². The SMILES string of the molecule is CC(C)CC1(CN2CCC3(CCC(OC4CCN(C)CC4)CC3)CC2)CC1. The van der Waals surface area contributed by atoms with Crippen LogP contribution in [0.15, 0.2) is 0 Å². The van der Waals surface area contributed by atoms with Gasteiger partial charge in [0.15, 0.2) is 0 Å². The van der Waals surface area contributed by atoms with Crippen LogP contribution in [-0.2, 0) is 4.74 Å². The Kier molecular flexibility index (Phi) is 6.21. The fourth-order valence-corrected chi connectivity index (χ4v) is 6.36. The standard InChI is InChI=1S/C24H44N2O/c1-20(2)18-24(10-11-24)19-26-16-12-23(13-17-26)8-4-21(5-9-23)27-22-6-14-25(3)15-7-22/h20-22H,4-19H2,1-3H3. The van der Waals surface area contributed by atoms with Gasteiger partial charge in [0.2, 0.25) is 0 Å². The molecule has 2 saturated carbocycles. The average Bonchev–Trinajstić information content (AvgIpc) is 3.39. The van der Waals surface area contributed by atoms with Gasteiger partial charge in [-0.3, -0.25) is 0 Å². The predicted octanol–water partition coefficient (Wildman–Crippen LogP) is 4.95. The number of likely N-dealkylation sites (tertiary alicyclic amines) is 2. The third-order valence-electron chi connectivity index (χ3n) is 8.32. The lowest BCUT2D eigenvalue weighted by Crippen LogP contribution is -2.45.